The molecule has 0 saturated carbocycles. The summed E-state index contributed by atoms with van der Waals surface area (Å²) in [4.78, 5) is 15.3. The Labute approximate surface area is 362 Å². The first-order valence-corrected chi connectivity index (χ1v) is 21.3. The molecule has 0 bridgehead atoms. The number of aromatic nitrogens is 6. The smallest absolute Gasteiger partial charge is 0.164 e. The van der Waals surface area contributed by atoms with Crippen molar-refractivity contribution in [1.29, 1.82) is 0 Å². The summed E-state index contributed by atoms with van der Waals surface area (Å²) in [5, 5.41) is 7.10. The van der Waals surface area contributed by atoms with Gasteiger partial charge in [-0.25, -0.2) is 15.0 Å². The van der Waals surface area contributed by atoms with Crippen LogP contribution in [0.1, 0.15) is 0 Å². The third-order valence-corrected chi connectivity index (χ3v) is 12.5. The van der Waals surface area contributed by atoms with Crippen molar-refractivity contribution in [3.05, 3.63) is 218 Å². The number of para-hydroxylation sites is 4. The maximum absolute atomic E-state index is 5.17. The maximum atomic E-state index is 5.17. The van der Waals surface area contributed by atoms with Crippen LogP contribution >= 0.6 is 0 Å². The number of nitrogens with zero attached hydrogens (tertiary/aromatic N) is 6. The van der Waals surface area contributed by atoms with E-state index in [-0.39, 0.29) is 0 Å². The summed E-state index contributed by atoms with van der Waals surface area (Å²) in [6.07, 6.45) is 0. The average Bonchev–Trinajstić information content (AvgIpc) is 4.00. The van der Waals surface area contributed by atoms with Crippen molar-refractivity contribution in [3.8, 4) is 51.2 Å². The van der Waals surface area contributed by atoms with E-state index in [2.05, 4.69) is 196 Å². The molecule has 0 fully saturated rings. The van der Waals surface area contributed by atoms with Crippen LogP contribution in [0.3, 0.4) is 0 Å². The third kappa shape index (κ3) is 5.48. The van der Waals surface area contributed by atoms with Crippen molar-refractivity contribution >= 4 is 65.4 Å². The van der Waals surface area contributed by atoms with Gasteiger partial charge in [-0.15, -0.1) is 0 Å². The lowest BCUT2D eigenvalue weighted by Crippen LogP contribution is -2.00. The average molecular weight is 805 g/mol. The molecule has 63 heavy (non-hydrogen) atoms. The Morgan fingerprint density at radius 2 is 0.698 bits per heavy atom. The van der Waals surface area contributed by atoms with E-state index in [1.165, 1.54) is 32.6 Å². The summed E-state index contributed by atoms with van der Waals surface area (Å²) < 4.78 is 7.24. The largest absolute Gasteiger partial charge is 0.309 e. The molecule has 6 heteroatoms. The molecular formula is C57H36N6. The molecule has 0 saturated heterocycles. The number of hydrogen-bond donors (Lipinski definition) is 0. The molecule has 294 valence electrons. The number of hydrogen-bond acceptors (Lipinski definition) is 3. The van der Waals surface area contributed by atoms with Gasteiger partial charge in [0.05, 0.1) is 33.1 Å². The zero-order chi connectivity index (χ0) is 41.4. The van der Waals surface area contributed by atoms with Gasteiger partial charge in [0.25, 0.3) is 0 Å². The summed E-state index contributed by atoms with van der Waals surface area (Å²) >= 11 is 0. The number of benzene rings is 9. The van der Waals surface area contributed by atoms with Gasteiger partial charge in [-0.1, -0.05) is 140 Å². The van der Waals surface area contributed by atoms with Crippen molar-refractivity contribution in [2.75, 3.05) is 0 Å². The molecule has 6 nitrogen and oxygen atoms in total. The van der Waals surface area contributed by atoms with Crippen molar-refractivity contribution in [2.45, 2.75) is 0 Å². The van der Waals surface area contributed by atoms with Gasteiger partial charge in [0, 0.05) is 66.1 Å². The lowest BCUT2D eigenvalue weighted by molar-refractivity contribution is 1.07. The van der Waals surface area contributed by atoms with Gasteiger partial charge in [-0.2, -0.15) is 0 Å². The van der Waals surface area contributed by atoms with Crippen LogP contribution in [0.5, 0.6) is 0 Å². The molecule has 0 spiro atoms. The lowest BCUT2D eigenvalue weighted by atomic mass is 10.1. The van der Waals surface area contributed by atoms with Gasteiger partial charge >= 0.3 is 0 Å². The van der Waals surface area contributed by atoms with E-state index in [1.54, 1.807) is 0 Å². The Bertz CT molecular complexity index is 3830. The molecule has 9 aromatic carbocycles. The molecule has 4 aromatic heterocycles. The Morgan fingerprint density at radius 3 is 1.33 bits per heavy atom. The van der Waals surface area contributed by atoms with Crippen LogP contribution in [0.4, 0.5) is 0 Å². The molecule has 0 atom stereocenters. The van der Waals surface area contributed by atoms with Crippen LogP contribution in [0, 0.1) is 0 Å². The van der Waals surface area contributed by atoms with Gasteiger partial charge in [-0.3, -0.25) is 0 Å². The van der Waals surface area contributed by atoms with E-state index in [1.807, 2.05) is 36.4 Å². The van der Waals surface area contributed by atoms with Gasteiger partial charge in [0.15, 0.2) is 17.5 Å². The molecule has 0 aliphatic heterocycles. The molecule has 13 aromatic rings. The van der Waals surface area contributed by atoms with Crippen molar-refractivity contribution in [3.63, 3.8) is 0 Å². The third-order valence-electron chi connectivity index (χ3n) is 12.5. The minimum Gasteiger partial charge on any atom is -0.309 e. The second-order valence-electron chi connectivity index (χ2n) is 16.0. The van der Waals surface area contributed by atoms with Crippen LogP contribution < -0.4 is 0 Å². The van der Waals surface area contributed by atoms with E-state index in [0.717, 1.165) is 66.6 Å². The van der Waals surface area contributed by atoms with Gasteiger partial charge in [0.1, 0.15) is 0 Å². The highest BCUT2D eigenvalue weighted by molar-refractivity contribution is 6.26. The van der Waals surface area contributed by atoms with E-state index in [4.69, 9.17) is 15.0 Å². The molecule has 4 heterocycles. The zero-order valence-corrected chi connectivity index (χ0v) is 34.0. The molecule has 0 aliphatic carbocycles. The van der Waals surface area contributed by atoms with Crippen LogP contribution in [0.15, 0.2) is 218 Å². The van der Waals surface area contributed by atoms with E-state index in [9.17, 15) is 0 Å². The van der Waals surface area contributed by atoms with Crippen LogP contribution in [-0.2, 0) is 0 Å². The van der Waals surface area contributed by atoms with Crippen LogP contribution in [-0.4, -0.2) is 28.7 Å². The first kappa shape index (κ1) is 35.2. The molecule has 0 radical (unpaired) electrons. The standard InChI is InChI=1S/C57H36N6/c1-5-17-37(18-6-1)55-58-56(38-19-7-2-8-20-38)60-57(59-55)39-29-32-51-47(35-39)53-52(34-31-45-43-25-13-16-28-49(43)63(54(45)53)41-23-11-4-12-24-41)62(51)42-30-33-50-46(36-42)44-26-14-15-27-48(44)61(50)40-21-9-3-10-22-40/h1-36H. The van der Waals surface area contributed by atoms with Crippen LogP contribution in [0.2, 0.25) is 0 Å². The fraction of sp³-hybridized carbons (Fsp3) is 0. The Hall–Kier alpha value is -8.61. The first-order chi connectivity index (χ1) is 31.3. The predicted octanol–water partition coefficient (Wildman–Crippen LogP) is 14.2. The van der Waals surface area contributed by atoms with Crippen molar-refractivity contribution in [1.82, 2.24) is 28.7 Å². The second kappa shape index (κ2) is 14.0. The quantitative estimate of drug-likeness (QED) is 0.168. The fourth-order valence-electron chi connectivity index (χ4n) is 9.72. The predicted molar refractivity (Wildman–Crippen MR) is 259 cm³/mol. The topological polar surface area (TPSA) is 53.5 Å². The maximum Gasteiger partial charge on any atom is 0.164 e. The first-order valence-electron chi connectivity index (χ1n) is 21.3. The second-order valence-corrected chi connectivity index (χ2v) is 16.0. The van der Waals surface area contributed by atoms with Gasteiger partial charge in [0.2, 0.25) is 0 Å². The molecule has 0 amide bonds. The molecule has 0 unspecified atom stereocenters. The summed E-state index contributed by atoms with van der Waals surface area (Å²) in [6, 6.07) is 77.4. The Kier molecular flexibility index (Phi) is 7.80. The van der Waals surface area contributed by atoms with E-state index < -0.39 is 0 Å². The summed E-state index contributed by atoms with van der Waals surface area (Å²) in [5.74, 6) is 1.89. The lowest BCUT2D eigenvalue weighted by Gasteiger charge is -2.11. The summed E-state index contributed by atoms with van der Waals surface area (Å²) in [7, 11) is 0. The number of fused-ring (bicyclic) bond motifs is 10. The van der Waals surface area contributed by atoms with E-state index >= 15 is 0 Å². The number of rotatable bonds is 6. The highest BCUT2D eigenvalue weighted by Gasteiger charge is 2.23. The minimum absolute atomic E-state index is 0.622. The minimum atomic E-state index is 0.622. The summed E-state index contributed by atoms with van der Waals surface area (Å²) in [6.45, 7) is 0. The normalized spacial score (nSPS) is 11.8. The highest BCUT2D eigenvalue weighted by atomic mass is 15.0. The summed E-state index contributed by atoms with van der Waals surface area (Å²) in [5.41, 5.74) is 13.0. The highest BCUT2D eigenvalue weighted by Crippen LogP contribution is 2.44. The zero-order valence-electron chi connectivity index (χ0n) is 34.0. The Morgan fingerprint density at radius 1 is 0.254 bits per heavy atom. The molecule has 13 rings (SSSR count). The molecular weight excluding hydrogens is 769 g/mol. The molecule has 0 aliphatic rings. The Balaban J connectivity index is 1.13. The van der Waals surface area contributed by atoms with Crippen molar-refractivity contribution < 1.29 is 0 Å². The van der Waals surface area contributed by atoms with E-state index in [0.29, 0.717) is 17.5 Å². The van der Waals surface area contributed by atoms with Crippen LogP contribution in [0.25, 0.3) is 117 Å². The van der Waals surface area contributed by atoms with Gasteiger partial charge < -0.3 is 13.7 Å². The van der Waals surface area contributed by atoms with Crippen molar-refractivity contribution in [2.24, 2.45) is 0 Å². The molecule has 0 N–H and O–H groups in total. The van der Waals surface area contributed by atoms with Gasteiger partial charge in [-0.05, 0) is 78.9 Å². The fourth-order valence-corrected chi connectivity index (χ4v) is 9.72. The monoisotopic (exact) mass is 804 g/mol. The SMILES string of the molecule is c1ccc(-c2nc(-c3ccccc3)nc(-c3ccc4c(c3)c3c(ccc5c6ccccc6n(-c6ccccc6)c53)n4-c3ccc4c(c3)c3ccccc3n4-c3ccccc3)n2)cc1.